The van der Waals surface area contributed by atoms with Gasteiger partial charge in [-0.2, -0.15) is 0 Å². The second kappa shape index (κ2) is 8.15. The van der Waals surface area contributed by atoms with Crippen LogP contribution < -0.4 is 10.1 Å². The van der Waals surface area contributed by atoms with Gasteiger partial charge in [0.1, 0.15) is 12.4 Å². The minimum Gasteiger partial charge on any atom is -0.487 e. The molecule has 3 aromatic rings. The number of rotatable bonds is 5. The second-order valence-electron chi connectivity index (χ2n) is 6.37. The van der Waals surface area contributed by atoms with E-state index in [0.717, 1.165) is 28.6 Å². The Kier molecular flexibility index (Phi) is 5.45. The standard InChI is InChI=1S/C21H20N2O2S2/c1-14-22-16(13-27-14)12-25-17-8-6-15(7-9-17)21(24)23-19-10-11-26-20-5-3-2-4-18(19)20/h2-9,13,19H,10-12H2,1H3,(H,23,24). The molecule has 1 unspecified atom stereocenters. The highest BCUT2D eigenvalue weighted by Gasteiger charge is 2.22. The molecule has 138 valence electrons. The summed E-state index contributed by atoms with van der Waals surface area (Å²) in [7, 11) is 0. The molecule has 1 amide bonds. The van der Waals surface area contributed by atoms with E-state index in [9.17, 15) is 4.79 Å². The second-order valence-corrected chi connectivity index (χ2v) is 8.57. The molecule has 27 heavy (non-hydrogen) atoms. The smallest absolute Gasteiger partial charge is 0.251 e. The van der Waals surface area contributed by atoms with Crippen molar-refractivity contribution in [1.29, 1.82) is 0 Å². The van der Waals surface area contributed by atoms with E-state index in [1.54, 1.807) is 23.5 Å². The van der Waals surface area contributed by atoms with Crippen molar-refractivity contribution in [3.8, 4) is 5.75 Å². The number of fused-ring (bicyclic) bond motifs is 1. The van der Waals surface area contributed by atoms with Gasteiger partial charge in [0, 0.05) is 21.6 Å². The molecule has 0 bridgehead atoms. The molecular weight excluding hydrogens is 376 g/mol. The average molecular weight is 397 g/mol. The highest BCUT2D eigenvalue weighted by molar-refractivity contribution is 7.99. The van der Waals surface area contributed by atoms with E-state index in [2.05, 4.69) is 22.4 Å². The summed E-state index contributed by atoms with van der Waals surface area (Å²) in [5, 5.41) is 6.20. The first-order valence-electron chi connectivity index (χ1n) is 8.85. The number of carbonyl (C=O) groups is 1. The van der Waals surface area contributed by atoms with Crippen LogP contribution in [0.15, 0.2) is 58.8 Å². The molecule has 6 heteroatoms. The van der Waals surface area contributed by atoms with Gasteiger partial charge < -0.3 is 10.1 Å². The van der Waals surface area contributed by atoms with Gasteiger partial charge in [-0.15, -0.1) is 23.1 Å². The summed E-state index contributed by atoms with van der Waals surface area (Å²) in [6.45, 7) is 2.41. The van der Waals surface area contributed by atoms with Crippen LogP contribution in [-0.4, -0.2) is 16.6 Å². The zero-order valence-corrected chi connectivity index (χ0v) is 16.6. The number of thioether (sulfide) groups is 1. The van der Waals surface area contributed by atoms with E-state index in [1.165, 1.54) is 10.5 Å². The molecule has 1 aliphatic heterocycles. The van der Waals surface area contributed by atoms with Crippen LogP contribution in [0.1, 0.15) is 39.1 Å². The SMILES string of the molecule is Cc1nc(COc2ccc(C(=O)NC3CCSc4ccccc43)cc2)cs1. The molecule has 0 spiro atoms. The van der Waals surface area contributed by atoms with Gasteiger partial charge in [0.05, 0.1) is 16.7 Å². The van der Waals surface area contributed by atoms with Crippen LogP contribution in [0.3, 0.4) is 0 Å². The van der Waals surface area contributed by atoms with Gasteiger partial charge in [0.2, 0.25) is 0 Å². The number of amides is 1. The van der Waals surface area contributed by atoms with Gasteiger partial charge in [-0.3, -0.25) is 4.79 Å². The largest absolute Gasteiger partial charge is 0.487 e. The van der Waals surface area contributed by atoms with Gasteiger partial charge in [0.25, 0.3) is 5.91 Å². The lowest BCUT2D eigenvalue weighted by Gasteiger charge is -2.25. The Labute approximate surface area is 167 Å². The Balaban J connectivity index is 1.38. The zero-order chi connectivity index (χ0) is 18.6. The molecule has 0 fully saturated rings. The summed E-state index contributed by atoms with van der Waals surface area (Å²) < 4.78 is 5.75. The van der Waals surface area contributed by atoms with Crippen LogP contribution in [0, 0.1) is 6.92 Å². The molecule has 0 aliphatic carbocycles. The molecule has 1 atom stereocenters. The fourth-order valence-electron chi connectivity index (χ4n) is 3.07. The number of nitrogens with one attached hydrogen (secondary N) is 1. The van der Waals surface area contributed by atoms with Gasteiger partial charge in [-0.25, -0.2) is 4.98 Å². The zero-order valence-electron chi connectivity index (χ0n) is 15.0. The summed E-state index contributed by atoms with van der Waals surface area (Å²) >= 11 is 3.46. The van der Waals surface area contributed by atoms with Gasteiger partial charge >= 0.3 is 0 Å². The minimum absolute atomic E-state index is 0.0524. The number of benzene rings is 2. The van der Waals surface area contributed by atoms with Crippen molar-refractivity contribution >= 4 is 29.0 Å². The van der Waals surface area contributed by atoms with Crippen molar-refractivity contribution in [2.75, 3.05) is 5.75 Å². The lowest BCUT2D eigenvalue weighted by Crippen LogP contribution is -2.30. The first-order valence-corrected chi connectivity index (χ1v) is 10.7. The van der Waals surface area contributed by atoms with E-state index >= 15 is 0 Å². The van der Waals surface area contributed by atoms with Crippen LogP contribution >= 0.6 is 23.1 Å². The monoisotopic (exact) mass is 396 g/mol. The molecule has 2 heterocycles. The Hall–Kier alpha value is -2.31. The number of thiazole rings is 1. The van der Waals surface area contributed by atoms with Crippen LogP contribution in [0.4, 0.5) is 0 Å². The van der Waals surface area contributed by atoms with Crippen LogP contribution in [0.25, 0.3) is 0 Å². The first kappa shape index (κ1) is 18.1. The number of ether oxygens (including phenoxy) is 1. The predicted molar refractivity (Wildman–Crippen MR) is 110 cm³/mol. The molecule has 0 radical (unpaired) electrons. The van der Waals surface area contributed by atoms with Gasteiger partial charge in [0.15, 0.2) is 0 Å². The Morgan fingerprint density at radius 1 is 1.22 bits per heavy atom. The fourth-order valence-corrected chi connectivity index (χ4v) is 4.79. The third-order valence-corrected chi connectivity index (χ3v) is 6.38. The van der Waals surface area contributed by atoms with Crippen molar-refractivity contribution in [3.63, 3.8) is 0 Å². The highest BCUT2D eigenvalue weighted by atomic mass is 32.2. The van der Waals surface area contributed by atoms with Crippen molar-refractivity contribution in [2.45, 2.75) is 30.9 Å². The molecule has 2 aromatic carbocycles. The van der Waals surface area contributed by atoms with Crippen LogP contribution in [-0.2, 0) is 6.61 Å². The first-order chi connectivity index (χ1) is 13.2. The van der Waals surface area contributed by atoms with E-state index < -0.39 is 0 Å². The third kappa shape index (κ3) is 4.34. The topological polar surface area (TPSA) is 51.2 Å². The van der Waals surface area contributed by atoms with Crippen molar-refractivity contribution in [3.05, 3.63) is 75.7 Å². The molecule has 1 aromatic heterocycles. The molecule has 4 nitrogen and oxygen atoms in total. The predicted octanol–water partition coefficient (Wildman–Crippen LogP) is 5.00. The molecule has 0 saturated carbocycles. The molecule has 4 rings (SSSR count). The maximum atomic E-state index is 12.6. The number of hydrogen-bond acceptors (Lipinski definition) is 5. The highest BCUT2D eigenvalue weighted by Crippen LogP contribution is 2.35. The average Bonchev–Trinajstić information content (AvgIpc) is 3.12. The van der Waals surface area contributed by atoms with Crippen molar-refractivity contribution in [2.24, 2.45) is 0 Å². The quantitative estimate of drug-likeness (QED) is 0.660. The third-order valence-electron chi connectivity index (χ3n) is 4.43. The van der Waals surface area contributed by atoms with E-state index in [0.29, 0.717) is 12.2 Å². The summed E-state index contributed by atoms with van der Waals surface area (Å²) in [5.74, 6) is 1.70. The van der Waals surface area contributed by atoms with E-state index in [4.69, 9.17) is 4.74 Å². The summed E-state index contributed by atoms with van der Waals surface area (Å²) in [6.07, 6.45) is 0.946. The number of carbonyl (C=O) groups excluding carboxylic acids is 1. The maximum Gasteiger partial charge on any atom is 0.251 e. The molecule has 1 N–H and O–H groups in total. The van der Waals surface area contributed by atoms with Crippen LogP contribution in [0.5, 0.6) is 5.75 Å². The van der Waals surface area contributed by atoms with Crippen molar-refractivity contribution < 1.29 is 9.53 Å². The lowest BCUT2D eigenvalue weighted by atomic mass is 10.0. The van der Waals surface area contributed by atoms with Crippen molar-refractivity contribution in [1.82, 2.24) is 10.3 Å². The Morgan fingerprint density at radius 2 is 2.04 bits per heavy atom. The summed E-state index contributed by atoms with van der Waals surface area (Å²) in [4.78, 5) is 18.3. The minimum atomic E-state index is -0.0524. The fraction of sp³-hybridized carbons (Fsp3) is 0.238. The lowest BCUT2D eigenvalue weighted by molar-refractivity contribution is 0.0935. The summed E-state index contributed by atoms with van der Waals surface area (Å²) in [6, 6.07) is 15.6. The van der Waals surface area contributed by atoms with Crippen LogP contribution in [0.2, 0.25) is 0 Å². The van der Waals surface area contributed by atoms with E-state index in [-0.39, 0.29) is 11.9 Å². The van der Waals surface area contributed by atoms with Gasteiger partial charge in [-0.1, -0.05) is 18.2 Å². The number of aromatic nitrogens is 1. The Morgan fingerprint density at radius 3 is 2.81 bits per heavy atom. The molecule has 1 aliphatic rings. The van der Waals surface area contributed by atoms with E-state index in [1.807, 2.05) is 48.3 Å². The maximum absolute atomic E-state index is 12.6. The molecule has 0 saturated heterocycles. The molecular formula is C21H20N2O2S2. The number of nitrogens with zero attached hydrogens (tertiary/aromatic N) is 1. The normalized spacial score (nSPS) is 15.8. The number of hydrogen-bond donors (Lipinski definition) is 1. The summed E-state index contributed by atoms with van der Waals surface area (Å²) in [5.41, 5.74) is 2.77. The Bertz CT molecular complexity index is 937. The van der Waals surface area contributed by atoms with Gasteiger partial charge in [-0.05, 0) is 49.2 Å². The number of aryl methyl sites for hydroxylation is 1.